The Bertz CT molecular complexity index is 511. The van der Waals surface area contributed by atoms with Crippen LogP contribution < -0.4 is 10.6 Å². The predicted octanol–water partition coefficient (Wildman–Crippen LogP) is 2.29. The van der Waals surface area contributed by atoms with E-state index in [4.69, 9.17) is 5.11 Å². The summed E-state index contributed by atoms with van der Waals surface area (Å²) in [7, 11) is 0. The van der Waals surface area contributed by atoms with E-state index < -0.39 is 12.5 Å². The Hall–Kier alpha value is -1.85. The predicted molar refractivity (Wildman–Crippen MR) is 73.8 cm³/mol. The Morgan fingerprint density at radius 1 is 1.22 bits per heavy atom. The lowest BCUT2D eigenvalue weighted by Gasteiger charge is -2.08. The first kappa shape index (κ1) is 12.6. The van der Waals surface area contributed by atoms with Gasteiger partial charge in [0.2, 0.25) is 5.91 Å². The minimum Gasteiger partial charge on any atom is -0.387 e. The first-order valence-electron chi connectivity index (χ1n) is 5.55. The molecule has 1 heterocycles. The van der Waals surface area contributed by atoms with Crippen LogP contribution in [0.2, 0.25) is 0 Å². The normalized spacial score (nSPS) is 10.1. The standard InChI is InChI=1S/C13H14N2O2S/c16-9-13(17)15-11-4-1-3-10(7-11)14-8-12-5-2-6-18-12/h1-7,14,16H,8-9H2,(H,15,17). The average Bonchev–Trinajstić information content (AvgIpc) is 2.90. The number of hydrogen-bond acceptors (Lipinski definition) is 4. The summed E-state index contributed by atoms with van der Waals surface area (Å²) < 4.78 is 0. The molecule has 1 aromatic heterocycles. The number of hydrogen-bond donors (Lipinski definition) is 3. The highest BCUT2D eigenvalue weighted by Crippen LogP contribution is 2.17. The summed E-state index contributed by atoms with van der Waals surface area (Å²) in [6, 6.07) is 11.5. The third-order valence-corrected chi connectivity index (χ3v) is 3.21. The molecule has 18 heavy (non-hydrogen) atoms. The highest BCUT2D eigenvalue weighted by atomic mass is 32.1. The van der Waals surface area contributed by atoms with Gasteiger partial charge >= 0.3 is 0 Å². The van der Waals surface area contributed by atoms with Gasteiger partial charge in [-0.3, -0.25) is 4.79 Å². The third kappa shape index (κ3) is 3.58. The summed E-state index contributed by atoms with van der Waals surface area (Å²) in [6.07, 6.45) is 0. The molecule has 5 heteroatoms. The van der Waals surface area contributed by atoms with Gasteiger partial charge in [0.1, 0.15) is 6.61 Å². The van der Waals surface area contributed by atoms with Gasteiger partial charge in [-0.15, -0.1) is 11.3 Å². The van der Waals surface area contributed by atoms with Crippen LogP contribution in [0.1, 0.15) is 4.88 Å². The first-order chi connectivity index (χ1) is 8.78. The fourth-order valence-corrected chi connectivity index (χ4v) is 2.15. The van der Waals surface area contributed by atoms with Crippen molar-refractivity contribution in [3.8, 4) is 0 Å². The first-order valence-corrected chi connectivity index (χ1v) is 6.43. The number of carbonyl (C=O) groups is 1. The van der Waals surface area contributed by atoms with Gasteiger partial charge in [0.25, 0.3) is 0 Å². The molecule has 0 aliphatic heterocycles. The Kier molecular flexibility index (Phi) is 4.33. The highest BCUT2D eigenvalue weighted by Gasteiger charge is 2.01. The Morgan fingerprint density at radius 3 is 2.78 bits per heavy atom. The van der Waals surface area contributed by atoms with Crippen LogP contribution in [0.3, 0.4) is 0 Å². The van der Waals surface area contributed by atoms with Crippen molar-refractivity contribution in [2.24, 2.45) is 0 Å². The van der Waals surface area contributed by atoms with Gasteiger partial charge in [-0.2, -0.15) is 0 Å². The van der Waals surface area contributed by atoms with Crippen LogP contribution in [0.25, 0.3) is 0 Å². The van der Waals surface area contributed by atoms with Crippen molar-refractivity contribution in [3.05, 3.63) is 46.7 Å². The molecule has 2 rings (SSSR count). The molecule has 2 aromatic rings. The van der Waals surface area contributed by atoms with Crippen molar-refractivity contribution in [2.75, 3.05) is 17.2 Å². The maximum atomic E-state index is 11.1. The lowest BCUT2D eigenvalue weighted by Crippen LogP contribution is -2.15. The summed E-state index contributed by atoms with van der Waals surface area (Å²) in [6.45, 7) is 0.252. The van der Waals surface area contributed by atoms with E-state index in [2.05, 4.69) is 16.7 Å². The molecule has 0 fully saturated rings. The molecule has 0 saturated heterocycles. The molecule has 0 unspecified atom stereocenters. The number of anilines is 2. The number of amides is 1. The summed E-state index contributed by atoms with van der Waals surface area (Å²) in [5.41, 5.74) is 1.60. The lowest BCUT2D eigenvalue weighted by atomic mass is 10.2. The van der Waals surface area contributed by atoms with Crippen molar-refractivity contribution in [1.29, 1.82) is 0 Å². The van der Waals surface area contributed by atoms with E-state index in [1.54, 1.807) is 17.4 Å². The van der Waals surface area contributed by atoms with Gasteiger partial charge in [0.05, 0.1) is 0 Å². The molecule has 3 N–H and O–H groups in total. The van der Waals surface area contributed by atoms with Gasteiger partial charge in [0.15, 0.2) is 0 Å². The van der Waals surface area contributed by atoms with Gasteiger partial charge in [0, 0.05) is 22.8 Å². The summed E-state index contributed by atoms with van der Waals surface area (Å²) in [5.74, 6) is -0.412. The van der Waals surface area contributed by atoms with Crippen LogP contribution in [0, 0.1) is 0 Å². The second-order valence-corrected chi connectivity index (χ2v) is 4.75. The van der Waals surface area contributed by atoms with E-state index in [0.29, 0.717) is 5.69 Å². The minimum atomic E-state index is -0.507. The molecule has 0 atom stereocenters. The van der Waals surface area contributed by atoms with E-state index >= 15 is 0 Å². The summed E-state index contributed by atoms with van der Waals surface area (Å²) >= 11 is 1.70. The van der Waals surface area contributed by atoms with Crippen molar-refractivity contribution < 1.29 is 9.90 Å². The maximum absolute atomic E-state index is 11.1. The van der Waals surface area contributed by atoms with E-state index in [1.165, 1.54) is 4.88 Å². The van der Waals surface area contributed by atoms with Crippen LogP contribution in [0.15, 0.2) is 41.8 Å². The number of thiophene rings is 1. The van der Waals surface area contributed by atoms with Crippen LogP contribution in [-0.2, 0) is 11.3 Å². The fourth-order valence-electron chi connectivity index (χ4n) is 1.51. The van der Waals surface area contributed by atoms with E-state index in [0.717, 1.165) is 12.2 Å². The number of aliphatic hydroxyl groups is 1. The lowest BCUT2D eigenvalue weighted by molar-refractivity contribution is -0.118. The number of nitrogens with one attached hydrogen (secondary N) is 2. The summed E-state index contributed by atoms with van der Waals surface area (Å²) in [4.78, 5) is 12.3. The van der Waals surface area contributed by atoms with E-state index in [1.807, 2.05) is 29.6 Å². The Labute approximate surface area is 109 Å². The molecule has 0 bridgehead atoms. The van der Waals surface area contributed by atoms with Crippen LogP contribution in [0.4, 0.5) is 11.4 Å². The van der Waals surface area contributed by atoms with Crippen molar-refractivity contribution in [2.45, 2.75) is 6.54 Å². The monoisotopic (exact) mass is 262 g/mol. The number of carbonyl (C=O) groups excluding carboxylic acids is 1. The molecular weight excluding hydrogens is 248 g/mol. The van der Waals surface area contributed by atoms with Gasteiger partial charge in [-0.25, -0.2) is 0 Å². The maximum Gasteiger partial charge on any atom is 0.250 e. The van der Waals surface area contributed by atoms with Crippen molar-refractivity contribution in [3.63, 3.8) is 0 Å². The quantitative estimate of drug-likeness (QED) is 0.774. The number of aliphatic hydroxyl groups excluding tert-OH is 1. The molecule has 0 aliphatic rings. The fraction of sp³-hybridized carbons (Fsp3) is 0.154. The van der Waals surface area contributed by atoms with Gasteiger partial charge in [-0.05, 0) is 29.6 Å². The van der Waals surface area contributed by atoms with Crippen LogP contribution in [-0.4, -0.2) is 17.6 Å². The van der Waals surface area contributed by atoms with Crippen molar-refractivity contribution >= 4 is 28.6 Å². The average molecular weight is 262 g/mol. The second-order valence-electron chi connectivity index (χ2n) is 3.72. The molecule has 0 radical (unpaired) electrons. The second kappa shape index (κ2) is 6.18. The number of benzene rings is 1. The zero-order valence-electron chi connectivity index (χ0n) is 9.72. The molecule has 1 amide bonds. The Balaban J connectivity index is 1.96. The molecule has 94 valence electrons. The number of rotatable bonds is 5. The van der Waals surface area contributed by atoms with E-state index in [9.17, 15) is 4.79 Å². The van der Waals surface area contributed by atoms with E-state index in [-0.39, 0.29) is 0 Å². The molecule has 0 saturated carbocycles. The zero-order valence-corrected chi connectivity index (χ0v) is 10.5. The molecule has 4 nitrogen and oxygen atoms in total. The molecular formula is C13H14N2O2S. The Morgan fingerprint density at radius 2 is 2.06 bits per heavy atom. The molecule has 1 aromatic carbocycles. The zero-order chi connectivity index (χ0) is 12.8. The topological polar surface area (TPSA) is 61.4 Å². The summed E-state index contributed by atoms with van der Waals surface area (Å²) in [5, 5.41) is 16.6. The largest absolute Gasteiger partial charge is 0.387 e. The molecule has 0 aliphatic carbocycles. The van der Waals surface area contributed by atoms with Crippen LogP contribution in [0.5, 0.6) is 0 Å². The molecule has 0 spiro atoms. The van der Waals surface area contributed by atoms with Gasteiger partial charge in [-0.1, -0.05) is 12.1 Å². The minimum absolute atomic E-state index is 0.412. The third-order valence-electron chi connectivity index (χ3n) is 2.34. The van der Waals surface area contributed by atoms with Gasteiger partial charge < -0.3 is 15.7 Å². The highest BCUT2D eigenvalue weighted by molar-refractivity contribution is 7.09. The smallest absolute Gasteiger partial charge is 0.250 e. The van der Waals surface area contributed by atoms with Crippen molar-refractivity contribution in [1.82, 2.24) is 0 Å². The SMILES string of the molecule is O=C(CO)Nc1cccc(NCc2cccs2)c1. The van der Waals surface area contributed by atoms with Crippen LogP contribution >= 0.6 is 11.3 Å².